The van der Waals surface area contributed by atoms with Crippen LogP contribution in [0.3, 0.4) is 0 Å². The molecule has 1 aliphatic heterocycles. The highest BCUT2D eigenvalue weighted by Gasteiger charge is 2.34. The summed E-state index contributed by atoms with van der Waals surface area (Å²) in [5.41, 5.74) is 2.13. The van der Waals surface area contributed by atoms with Crippen LogP contribution in [0.1, 0.15) is 37.8 Å². The number of nitrogens with one attached hydrogen (secondary N) is 2. The van der Waals surface area contributed by atoms with Crippen molar-refractivity contribution in [1.82, 2.24) is 15.5 Å². The molecular formula is C20H29N3O4. The normalized spacial score (nSPS) is 17.6. The van der Waals surface area contributed by atoms with Crippen molar-refractivity contribution in [2.45, 2.75) is 46.2 Å². The average Bonchev–Trinajstić information content (AvgIpc) is 3.10. The van der Waals surface area contributed by atoms with Gasteiger partial charge in [-0.25, -0.2) is 4.79 Å². The summed E-state index contributed by atoms with van der Waals surface area (Å²) in [5, 5.41) is 14.7. The highest BCUT2D eigenvalue weighted by molar-refractivity contribution is 5.87. The number of aryl methyl sites for hydroxylation is 1. The third kappa shape index (κ3) is 6.27. The van der Waals surface area contributed by atoms with Gasteiger partial charge in [0.25, 0.3) is 0 Å². The third-order valence-corrected chi connectivity index (χ3v) is 4.73. The molecule has 0 saturated carbocycles. The van der Waals surface area contributed by atoms with Gasteiger partial charge in [-0.1, -0.05) is 43.7 Å². The van der Waals surface area contributed by atoms with E-state index in [0.717, 1.165) is 11.1 Å². The van der Waals surface area contributed by atoms with E-state index in [1.54, 1.807) is 4.90 Å². The number of nitrogens with zero attached hydrogens (tertiary/aromatic N) is 1. The zero-order valence-electron chi connectivity index (χ0n) is 16.2. The van der Waals surface area contributed by atoms with Crippen molar-refractivity contribution < 1.29 is 19.5 Å². The lowest BCUT2D eigenvalue weighted by atomic mass is 10.0. The highest BCUT2D eigenvalue weighted by Crippen LogP contribution is 2.19. The van der Waals surface area contributed by atoms with Crippen LogP contribution in [0.5, 0.6) is 0 Å². The number of rotatable bonds is 7. The first-order chi connectivity index (χ1) is 12.8. The van der Waals surface area contributed by atoms with Gasteiger partial charge >= 0.3 is 12.0 Å². The number of likely N-dealkylation sites (tertiary alicyclic amines) is 1. The smallest absolute Gasteiger partial charge is 0.315 e. The Morgan fingerprint density at radius 2 is 1.89 bits per heavy atom. The third-order valence-electron chi connectivity index (χ3n) is 4.73. The fraction of sp³-hybridized carbons (Fsp3) is 0.550. The molecule has 7 heteroatoms. The molecule has 2 rings (SSSR count). The van der Waals surface area contributed by atoms with Gasteiger partial charge in [0.2, 0.25) is 5.91 Å². The number of carbonyl (C=O) groups is 3. The van der Waals surface area contributed by atoms with E-state index < -0.39 is 24.0 Å². The molecule has 148 valence electrons. The van der Waals surface area contributed by atoms with Gasteiger partial charge in [-0.3, -0.25) is 9.59 Å². The molecule has 0 spiro atoms. The van der Waals surface area contributed by atoms with E-state index in [1.165, 1.54) is 0 Å². The lowest BCUT2D eigenvalue weighted by molar-refractivity contribution is -0.141. The lowest BCUT2D eigenvalue weighted by Crippen LogP contribution is -2.51. The van der Waals surface area contributed by atoms with Crippen LogP contribution in [0.15, 0.2) is 24.3 Å². The fourth-order valence-corrected chi connectivity index (χ4v) is 3.17. The molecule has 0 bridgehead atoms. The average molecular weight is 375 g/mol. The van der Waals surface area contributed by atoms with Gasteiger partial charge in [-0.15, -0.1) is 0 Å². The molecule has 1 heterocycles. The molecule has 7 nitrogen and oxygen atoms in total. The van der Waals surface area contributed by atoms with Gasteiger partial charge in [-0.05, 0) is 31.2 Å². The predicted molar refractivity (Wildman–Crippen MR) is 102 cm³/mol. The minimum Gasteiger partial charge on any atom is -0.481 e. The summed E-state index contributed by atoms with van der Waals surface area (Å²) in [6, 6.07) is 6.79. The summed E-state index contributed by atoms with van der Waals surface area (Å²) < 4.78 is 0. The maximum absolute atomic E-state index is 12.8. The molecule has 0 aliphatic carbocycles. The summed E-state index contributed by atoms with van der Waals surface area (Å²) in [6.45, 7) is 6.96. The van der Waals surface area contributed by atoms with E-state index in [2.05, 4.69) is 10.6 Å². The van der Waals surface area contributed by atoms with Crippen LogP contribution in [-0.4, -0.2) is 47.0 Å². The number of urea groups is 1. The quantitative estimate of drug-likeness (QED) is 0.680. The number of amides is 3. The van der Waals surface area contributed by atoms with Crippen molar-refractivity contribution in [3.63, 3.8) is 0 Å². The van der Waals surface area contributed by atoms with Crippen molar-refractivity contribution in [3.05, 3.63) is 35.4 Å². The standard InChI is InChI=1S/C20H29N3O4/c1-13(2)10-17(18(24)23-9-8-16(12-23)19(25)26)22-20(27)21-11-15-6-4-14(3)5-7-15/h4-7,13,16-17H,8-12H2,1-3H3,(H,25,26)(H2,21,22,27). The molecule has 1 aliphatic rings. The molecule has 1 fully saturated rings. The van der Waals surface area contributed by atoms with Gasteiger partial charge in [0.05, 0.1) is 5.92 Å². The van der Waals surface area contributed by atoms with Crippen LogP contribution < -0.4 is 10.6 Å². The second-order valence-electron chi connectivity index (χ2n) is 7.60. The maximum atomic E-state index is 12.8. The topological polar surface area (TPSA) is 98.7 Å². The number of carboxylic acids is 1. The van der Waals surface area contributed by atoms with Crippen LogP contribution >= 0.6 is 0 Å². The lowest BCUT2D eigenvalue weighted by Gasteiger charge is -2.25. The molecule has 3 amide bonds. The van der Waals surface area contributed by atoms with Gasteiger partial charge in [0, 0.05) is 19.6 Å². The number of hydrogen-bond acceptors (Lipinski definition) is 3. The Labute approximate surface area is 160 Å². The molecule has 0 radical (unpaired) electrons. The molecule has 1 aromatic carbocycles. The maximum Gasteiger partial charge on any atom is 0.315 e. The van der Waals surface area contributed by atoms with E-state index in [-0.39, 0.29) is 18.4 Å². The van der Waals surface area contributed by atoms with Crippen molar-refractivity contribution in [2.75, 3.05) is 13.1 Å². The molecule has 1 saturated heterocycles. The zero-order chi connectivity index (χ0) is 20.0. The Bertz CT molecular complexity index is 672. The van der Waals surface area contributed by atoms with Crippen molar-refractivity contribution in [2.24, 2.45) is 11.8 Å². The van der Waals surface area contributed by atoms with Crippen LogP contribution in [0, 0.1) is 18.8 Å². The van der Waals surface area contributed by atoms with Crippen LogP contribution in [-0.2, 0) is 16.1 Å². The first kappa shape index (κ1) is 20.7. The van der Waals surface area contributed by atoms with E-state index in [9.17, 15) is 14.4 Å². The number of hydrogen-bond donors (Lipinski definition) is 3. The summed E-state index contributed by atoms with van der Waals surface area (Å²) in [4.78, 5) is 37.7. The molecule has 1 aromatic rings. The van der Waals surface area contributed by atoms with Gasteiger partial charge < -0.3 is 20.6 Å². The van der Waals surface area contributed by atoms with Crippen LogP contribution in [0.4, 0.5) is 4.79 Å². The zero-order valence-corrected chi connectivity index (χ0v) is 16.2. The molecule has 0 aromatic heterocycles. The van der Waals surface area contributed by atoms with Crippen LogP contribution in [0.2, 0.25) is 0 Å². The number of carbonyl (C=O) groups excluding carboxylic acids is 2. The van der Waals surface area contributed by atoms with E-state index in [0.29, 0.717) is 25.9 Å². The fourth-order valence-electron chi connectivity index (χ4n) is 3.17. The van der Waals surface area contributed by atoms with Gasteiger partial charge in [0.1, 0.15) is 6.04 Å². The Hall–Kier alpha value is -2.57. The Morgan fingerprint density at radius 3 is 2.44 bits per heavy atom. The molecule has 3 N–H and O–H groups in total. The molecular weight excluding hydrogens is 346 g/mol. The van der Waals surface area contributed by atoms with Gasteiger partial charge in [-0.2, -0.15) is 0 Å². The monoisotopic (exact) mass is 375 g/mol. The Morgan fingerprint density at radius 1 is 1.22 bits per heavy atom. The summed E-state index contributed by atoms with van der Waals surface area (Å²) >= 11 is 0. The Balaban J connectivity index is 1.92. The molecule has 2 unspecified atom stereocenters. The minimum absolute atomic E-state index is 0.204. The van der Waals surface area contributed by atoms with E-state index >= 15 is 0 Å². The SMILES string of the molecule is Cc1ccc(CNC(=O)NC(CC(C)C)C(=O)N2CCC(C(=O)O)C2)cc1. The Kier molecular flexibility index (Phi) is 7.21. The number of aliphatic carboxylic acids is 1. The first-order valence-corrected chi connectivity index (χ1v) is 9.37. The van der Waals surface area contributed by atoms with Crippen molar-refractivity contribution >= 4 is 17.9 Å². The predicted octanol–water partition coefficient (Wildman–Crippen LogP) is 2.14. The van der Waals surface area contributed by atoms with E-state index in [4.69, 9.17) is 5.11 Å². The first-order valence-electron chi connectivity index (χ1n) is 9.37. The van der Waals surface area contributed by atoms with Crippen molar-refractivity contribution in [3.8, 4) is 0 Å². The highest BCUT2D eigenvalue weighted by atomic mass is 16.4. The van der Waals surface area contributed by atoms with E-state index in [1.807, 2.05) is 45.0 Å². The molecule has 27 heavy (non-hydrogen) atoms. The summed E-state index contributed by atoms with van der Waals surface area (Å²) in [7, 11) is 0. The number of carboxylic acid groups (broad SMARTS) is 1. The summed E-state index contributed by atoms with van der Waals surface area (Å²) in [5.74, 6) is -1.40. The minimum atomic E-state index is -0.880. The second-order valence-corrected chi connectivity index (χ2v) is 7.60. The second kappa shape index (κ2) is 9.39. The summed E-state index contributed by atoms with van der Waals surface area (Å²) in [6.07, 6.45) is 0.958. The molecule has 2 atom stereocenters. The van der Waals surface area contributed by atoms with Crippen molar-refractivity contribution in [1.29, 1.82) is 0 Å². The number of benzene rings is 1. The largest absolute Gasteiger partial charge is 0.481 e. The van der Waals surface area contributed by atoms with Crippen LogP contribution in [0.25, 0.3) is 0 Å². The van der Waals surface area contributed by atoms with Gasteiger partial charge in [0.15, 0.2) is 0 Å².